The minimum atomic E-state index is 0.431. The molecular formula is C23H23ClN2O3. The first-order valence-electron chi connectivity index (χ1n) is 9.12. The predicted molar refractivity (Wildman–Crippen MR) is 116 cm³/mol. The molecule has 0 aliphatic heterocycles. The molecule has 0 radical (unpaired) electrons. The number of nitrogens with one attached hydrogen (secondary N) is 1. The topological polar surface area (TPSA) is 52.1 Å². The third-order valence-electron chi connectivity index (χ3n) is 4.27. The molecule has 0 saturated heterocycles. The van der Waals surface area contributed by atoms with E-state index in [-0.39, 0.29) is 0 Å². The first kappa shape index (κ1) is 20.6. The van der Waals surface area contributed by atoms with Crippen molar-refractivity contribution < 1.29 is 14.2 Å². The van der Waals surface area contributed by atoms with Crippen molar-refractivity contribution in [2.45, 2.75) is 13.2 Å². The molecule has 0 heterocycles. The molecule has 6 heteroatoms. The fourth-order valence-electron chi connectivity index (χ4n) is 2.67. The Labute approximate surface area is 175 Å². The maximum Gasteiger partial charge on any atom is 0.161 e. The standard InChI is InChI=1S/C23H23ClN2O3/c1-27-22-12-9-18(13-23(22)28-2)15-26-25-14-17-7-10-20(11-8-17)29-16-19-5-3-4-6-21(19)24/h3-14,26H,15-16H2,1-2H3/b25-14-. The SMILES string of the molecule is COc1ccc(CN/N=C\c2ccc(OCc3ccccc3Cl)cc2)cc1OC. The summed E-state index contributed by atoms with van der Waals surface area (Å²) in [5.41, 5.74) is 6.00. The molecular weight excluding hydrogens is 388 g/mol. The monoisotopic (exact) mass is 410 g/mol. The molecule has 0 saturated carbocycles. The summed E-state index contributed by atoms with van der Waals surface area (Å²) in [5, 5.41) is 4.97. The van der Waals surface area contributed by atoms with Gasteiger partial charge in [0.05, 0.1) is 27.0 Å². The number of nitrogens with zero attached hydrogens (tertiary/aromatic N) is 1. The average molecular weight is 411 g/mol. The van der Waals surface area contributed by atoms with E-state index in [0.717, 1.165) is 22.4 Å². The number of methoxy groups -OCH3 is 2. The molecule has 0 aliphatic rings. The van der Waals surface area contributed by atoms with Crippen LogP contribution >= 0.6 is 11.6 Å². The van der Waals surface area contributed by atoms with Crippen LogP contribution in [0.3, 0.4) is 0 Å². The highest BCUT2D eigenvalue weighted by molar-refractivity contribution is 6.31. The number of halogens is 1. The lowest BCUT2D eigenvalue weighted by molar-refractivity contribution is 0.306. The molecule has 0 unspecified atom stereocenters. The molecule has 150 valence electrons. The number of ether oxygens (including phenoxy) is 3. The van der Waals surface area contributed by atoms with E-state index < -0.39 is 0 Å². The Bertz CT molecular complexity index is 959. The Morgan fingerprint density at radius 3 is 2.41 bits per heavy atom. The zero-order valence-corrected chi connectivity index (χ0v) is 17.1. The van der Waals surface area contributed by atoms with Gasteiger partial charge in [-0.2, -0.15) is 5.10 Å². The second-order valence-corrected chi connectivity index (χ2v) is 6.64. The van der Waals surface area contributed by atoms with Gasteiger partial charge in [0.15, 0.2) is 11.5 Å². The van der Waals surface area contributed by atoms with Crippen LogP contribution in [0, 0.1) is 0 Å². The van der Waals surface area contributed by atoms with Crippen LogP contribution in [0.2, 0.25) is 5.02 Å². The van der Waals surface area contributed by atoms with Gasteiger partial charge in [0.2, 0.25) is 0 Å². The van der Waals surface area contributed by atoms with Crippen molar-refractivity contribution in [3.63, 3.8) is 0 Å². The number of benzene rings is 3. The highest BCUT2D eigenvalue weighted by atomic mass is 35.5. The number of hydrogen-bond acceptors (Lipinski definition) is 5. The van der Waals surface area contributed by atoms with Gasteiger partial charge in [-0.3, -0.25) is 0 Å². The zero-order chi connectivity index (χ0) is 20.5. The Morgan fingerprint density at radius 2 is 1.69 bits per heavy atom. The number of hydrazone groups is 1. The van der Waals surface area contributed by atoms with Gasteiger partial charge in [0.25, 0.3) is 0 Å². The molecule has 29 heavy (non-hydrogen) atoms. The fraction of sp³-hybridized carbons (Fsp3) is 0.174. The van der Waals surface area contributed by atoms with Crippen molar-refractivity contribution in [3.05, 3.63) is 88.4 Å². The zero-order valence-electron chi connectivity index (χ0n) is 16.4. The van der Waals surface area contributed by atoms with Crippen LogP contribution in [-0.2, 0) is 13.2 Å². The molecule has 0 fully saturated rings. The minimum Gasteiger partial charge on any atom is -0.493 e. The van der Waals surface area contributed by atoms with E-state index in [0.29, 0.717) is 29.7 Å². The van der Waals surface area contributed by atoms with Gasteiger partial charge in [0.1, 0.15) is 12.4 Å². The lowest BCUT2D eigenvalue weighted by Gasteiger charge is -2.09. The summed E-state index contributed by atoms with van der Waals surface area (Å²) in [6.45, 7) is 1.01. The minimum absolute atomic E-state index is 0.431. The quantitative estimate of drug-likeness (QED) is 0.395. The van der Waals surface area contributed by atoms with Crippen LogP contribution < -0.4 is 19.6 Å². The molecule has 3 rings (SSSR count). The first-order valence-corrected chi connectivity index (χ1v) is 9.50. The second kappa shape index (κ2) is 10.4. The average Bonchev–Trinajstić information content (AvgIpc) is 2.77. The van der Waals surface area contributed by atoms with Gasteiger partial charge < -0.3 is 19.6 Å². The van der Waals surface area contributed by atoms with E-state index >= 15 is 0 Å². The Kier molecular flexibility index (Phi) is 7.36. The maximum absolute atomic E-state index is 6.15. The van der Waals surface area contributed by atoms with Gasteiger partial charge in [-0.1, -0.05) is 35.9 Å². The number of hydrogen-bond donors (Lipinski definition) is 1. The van der Waals surface area contributed by atoms with Crippen LogP contribution in [0.25, 0.3) is 0 Å². The smallest absolute Gasteiger partial charge is 0.161 e. The summed E-state index contributed by atoms with van der Waals surface area (Å²) in [7, 11) is 3.24. The number of rotatable bonds is 9. The van der Waals surface area contributed by atoms with Crippen molar-refractivity contribution >= 4 is 17.8 Å². The summed E-state index contributed by atoms with van der Waals surface area (Å²) in [5.74, 6) is 2.18. The van der Waals surface area contributed by atoms with Gasteiger partial charge in [-0.15, -0.1) is 0 Å². The van der Waals surface area contributed by atoms with E-state index in [9.17, 15) is 0 Å². The van der Waals surface area contributed by atoms with Crippen LogP contribution in [0.5, 0.6) is 17.2 Å². The molecule has 5 nitrogen and oxygen atoms in total. The van der Waals surface area contributed by atoms with Crippen molar-refractivity contribution in [1.82, 2.24) is 5.43 Å². The largest absolute Gasteiger partial charge is 0.493 e. The van der Waals surface area contributed by atoms with Crippen LogP contribution in [-0.4, -0.2) is 20.4 Å². The maximum atomic E-state index is 6.15. The lowest BCUT2D eigenvalue weighted by Crippen LogP contribution is -2.06. The Morgan fingerprint density at radius 1 is 0.931 bits per heavy atom. The van der Waals surface area contributed by atoms with Gasteiger partial charge >= 0.3 is 0 Å². The summed E-state index contributed by atoms with van der Waals surface area (Å²) < 4.78 is 16.3. The van der Waals surface area contributed by atoms with Crippen LogP contribution in [0.15, 0.2) is 71.8 Å². The van der Waals surface area contributed by atoms with E-state index in [1.165, 1.54) is 0 Å². The molecule has 0 bridgehead atoms. The molecule has 0 aliphatic carbocycles. The normalized spacial score (nSPS) is 10.7. The molecule has 0 aromatic heterocycles. The fourth-order valence-corrected chi connectivity index (χ4v) is 2.86. The van der Waals surface area contributed by atoms with Gasteiger partial charge in [-0.25, -0.2) is 0 Å². The molecule has 1 N–H and O–H groups in total. The lowest BCUT2D eigenvalue weighted by atomic mass is 10.2. The molecule has 0 atom stereocenters. The summed E-state index contributed by atoms with van der Waals surface area (Å²) in [6, 6.07) is 21.1. The summed E-state index contributed by atoms with van der Waals surface area (Å²) in [6.07, 6.45) is 1.76. The third kappa shape index (κ3) is 5.90. The Balaban J connectivity index is 1.49. The van der Waals surface area contributed by atoms with Crippen molar-refractivity contribution in [3.8, 4) is 17.2 Å². The highest BCUT2D eigenvalue weighted by Crippen LogP contribution is 2.27. The van der Waals surface area contributed by atoms with Crippen molar-refractivity contribution in [2.24, 2.45) is 5.10 Å². The van der Waals surface area contributed by atoms with Gasteiger partial charge in [-0.05, 0) is 53.6 Å². The molecule has 0 spiro atoms. The third-order valence-corrected chi connectivity index (χ3v) is 4.64. The van der Waals surface area contributed by atoms with Gasteiger partial charge in [0, 0.05) is 10.6 Å². The van der Waals surface area contributed by atoms with Crippen LogP contribution in [0.4, 0.5) is 0 Å². The van der Waals surface area contributed by atoms with E-state index in [4.69, 9.17) is 25.8 Å². The van der Waals surface area contributed by atoms with E-state index in [2.05, 4.69) is 10.5 Å². The second-order valence-electron chi connectivity index (χ2n) is 6.23. The first-order chi connectivity index (χ1) is 14.2. The van der Waals surface area contributed by atoms with E-state index in [1.54, 1.807) is 20.4 Å². The summed E-state index contributed by atoms with van der Waals surface area (Å²) >= 11 is 6.15. The molecule has 3 aromatic rings. The van der Waals surface area contributed by atoms with Crippen molar-refractivity contribution in [1.29, 1.82) is 0 Å². The van der Waals surface area contributed by atoms with E-state index in [1.807, 2.05) is 66.7 Å². The molecule has 0 amide bonds. The predicted octanol–water partition coefficient (Wildman–Crippen LogP) is 5.06. The highest BCUT2D eigenvalue weighted by Gasteiger charge is 2.04. The van der Waals surface area contributed by atoms with Crippen molar-refractivity contribution in [2.75, 3.05) is 14.2 Å². The molecule has 3 aromatic carbocycles. The summed E-state index contributed by atoms with van der Waals surface area (Å²) in [4.78, 5) is 0. The van der Waals surface area contributed by atoms with Crippen LogP contribution in [0.1, 0.15) is 16.7 Å². The Hall–Kier alpha value is -3.18.